The Morgan fingerprint density at radius 2 is 2.29 bits per heavy atom. The van der Waals surface area contributed by atoms with E-state index in [9.17, 15) is 9.90 Å². The molecule has 1 aliphatic heterocycles. The van der Waals surface area contributed by atoms with Gasteiger partial charge in [-0.2, -0.15) is 0 Å². The molecular weight excluding hydrogens is 310 g/mol. The number of benzene rings is 1. The van der Waals surface area contributed by atoms with Crippen molar-refractivity contribution in [3.05, 3.63) is 50.7 Å². The molecule has 0 fully saturated rings. The lowest BCUT2D eigenvalue weighted by Gasteiger charge is -2.13. The van der Waals surface area contributed by atoms with Crippen LogP contribution < -0.4 is 10.1 Å². The number of aliphatic hydroxyl groups is 1. The quantitative estimate of drug-likeness (QED) is 0.909. The summed E-state index contributed by atoms with van der Waals surface area (Å²) >= 11 is 7.01. The van der Waals surface area contributed by atoms with Crippen molar-refractivity contribution in [1.29, 1.82) is 0 Å². The zero-order valence-electron chi connectivity index (χ0n) is 11.1. The SMILES string of the molecule is O=C(NCC(O)c1ccc2c(c1)CCO2)c1ccc(Cl)s1. The Morgan fingerprint density at radius 3 is 3.05 bits per heavy atom. The molecule has 0 radical (unpaired) electrons. The maximum atomic E-state index is 11.9. The Morgan fingerprint density at radius 1 is 1.43 bits per heavy atom. The third-order valence-corrected chi connectivity index (χ3v) is 4.58. The number of carbonyl (C=O) groups excluding carboxylic acids is 1. The highest BCUT2D eigenvalue weighted by Crippen LogP contribution is 2.28. The Kier molecular flexibility index (Phi) is 4.14. The topological polar surface area (TPSA) is 58.6 Å². The average molecular weight is 324 g/mol. The van der Waals surface area contributed by atoms with Gasteiger partial charge >= 0.3 is 0 Å². The van der Waals surface area contributed by atoms with Crippen LogP contribution in [0.15, 0.2) is 30.3 Å². The normalized spacial score (nSPS) is 14.4. The van der Waals surface area contributed by atoms with Gasteiger partial charge in [0.05, 0.1) is 21.9 Å². The second-order valence-electron chi connectivity index (χ2n) is 4.80. The molecule has 1 aromatic heterocycles. The minimum atomic E-state index is -0.740. The van der Waals surface area contributed by atoms with E-state index in [2.05, 4.69) is 5.32 Å². The second-order valence-corrected chi connectivity index (χ2v) is 6.51. The van der Waals surface area contributed by atoms with Crippen LogP contribution in [0.1, 0.15) is 26.9 Å². The number of amides is 1. The van der Waals surface area contributed by atoms with Gasteiger partial charge in [-0.3, -0.25) is 4.79 Å². The van der Waals surface area contributed by atoms with Gasteiger partial charge in [-0.25, -0.2) is 0 Å². The predicted octanol–water partition coefficient (Wildman–Crippen LogP) is 2.80. The van der Waals surface area contributed by atoms with Crippen LogP contribution in [0.5, 0.6) is 5.75 Å². The minimum Gasteiger partial charge on any atom is -0.493 e. The lowest BCUT2D eigenvalue weighted by molar-refractivity contribution is 0.0920. The fourth-order valence-corrected chi connectivity index (χ4v) is 3.20. The first-order valence-electron chi connectivity index (χ1n) is 6.61. The fourth-order valence-electron chi connectivity index (χ4n) is 2.24. The molecule has 0 saturated carbocycles. The van der Waals surface area contributed by atoms with E-state index in [-0.39, 0.29) is 12.5 Å². The molecule has 2 heterocycles. The maximum Gasteiger partial charge on any atom is 0.261 e. The Hall–Kier alpha value is -1.56. The molecule has 2 aromatic rings. The highest BCUT2D eigenvalue weighted by molar-refractivity contribution is 7.17. The third kappa shape index (κ3) is 3.20. The number of hydrogen-bond acceptors (Lipinski definition) is 4. The molecule has 0 aliphatic carbocycles. The highest BCUT2D eigenvalue weighted by Gasteiger charge is 2.16. The number of halogens is 1. The first-order chi connectivity index (χ1) is 10.1. The van der Waals surface area contributed by atoms with Crippen LogP contribution in [0.25, 0.3) is 0 Å². The molecule has 0 saturated heterocycles. The molecular formula is C15H14ClNO3S. The lowest BCUT2D eigenvalue weighted by atomic mass is 10.0. The standard InChI is InChI=1S/C15H14ClNO3S/c16-14-4-3-13(21-14)15(19)17-8-11(18)9-1-2-12-10(7-9)5-6-20-12/h1-4,7,11,18H,5-6,8H2,(H,17,19). The predicted molar refractivity (Wildman–Crippen MR) is 82.3 cm³/mol. The van der Waals surface area contributed by atoms with Gasteiger partial charge in [-0.15, -0.1) is 11.3 Å². The van der Waals surface area contributed by atoms with Crippen LogP contribution in [-0.2, 0) is 6.42 Å². The van der Waals surface area contributed by atoms with E-state index < -0.39 is 6.10 Å². The van der Waals surface area contributed by atoms with Crippen molar-refractivity contribution in [2.45, 2.75) is 12.5 Å². The van der Waals surface area contributed by atoms with Crippen LogP contribution in [0.2, 0.25) is 4.34 Å². The molecule has 1 amide bonds. The summed E-state index contributed by atoms with van der Waals surface area (Å²) in [5.74, 6) is 0.652. The van der Waals surface area contributed by atoms with Crippen LogP contribution in [0.3, 0.4) is 0 Å². The average Bonchev–Trinajstić information content (AvgIpc) is 3.12. The summed E-state index contributed by atoms with van der Waals surface area (Å²) in [4.78, 5) is 12.4. The van der Waals surface area contributed by atoms with Gasteiger partial charge in [0.2, 0.25) is 0 Å². The molecule has 3 rings (SSSR count). The first kappa shape index (κ1) is 14.4. The van der Waals surface area contributed by atoms with Gasteiger partial charge in [-0.1, -0.05) is 17.7 Å². The Bertz CT molecular complexity index is 671. The van der Waals surface area contributed by atoms with Crippen molar-refractivity contribution in [3.8, 4) is 5.75 Å². The molecule has 6 heteroatoms. The summed E-state index contributed by atoms with van der Waals surface area (Å²) in [5, 5.41) is 12.9. The van der Waals surface area contributed by atoms with Crippen molar-refractivity contribution < 1.29 is 14.6 Å². The van der Waals surface area contributed by atoms with Crippen molar-refractivity contribution in [3.63, 3.8) is 0 Å². The minimum absolute atomic E-state index is 0.161. The molecule has 2 N–H and O–H groups in total. The summed E-state index contributed by atoms with van der Waals surface area (Å²) < 4.78 is 6.00. The van der Waals surface area contributed by atoms with Crippen molar-refractivity contribution in [2.75, 3.05) is 13.2 Å². The maximum absolute atomic E-state index is 11.9. The first-order valence-corrected chi connectivity index (χ1v) is 7.80. The van der Waals surface area contributed by atoms with E-state index >= 15 is 0 Å². The molecule has 1 aromatic carbocycles. The molecule has 110 valence electrons. The van der Waals surface area contributed by atoms with E-state index in [1.807, 2.05) is 18.2 Å². The van der Waals surface area contributed by atoms with Gasteiger partial charge in [0.1, 0.15) is 5.75 Å². The number of rotatable bonds is 4. The van der Waals surface area contributed by atoms with E-state index in [4.69, 9.17) is 16.3 Å². The van der Waals surface area contributed by atoms with Crippen LogP contribution in [-0.4, -0.2) is 24.2 Å². The molecule has 0 spiro atoms. The van der Waals surface area contributed by atoms with E-state index in [0.29, 0.717) is 15.8 Å². The third-order valence-electron chi connectivity index (χ3n) is 3.35. The van der Waals surface area contributed by atoms with E-state index in [1.54, 1.807) is 12.1 Å². The summed E-state index contributed by atoms with van der Waals surface area (Å²) in [6.07, 6.45) is 0.117. The lowest BCUT2D eigenvalue weighted by Crippen LogP contribution is -2.27. The van der Waals surface area contributed by atoms with E-state index in [1.165, 1.54) is 11.3 Å². The van der Waals surface area contributed by atoms with Crippen molar-refractivity contribution in [1.82, 2.24) is 5.32 Å². The van der Waals surface area contributed by atoms with E-state index in [0.717, 1.165) is 23.3 Å². The number of fused-ring (bicyclic) bond motifs is 1. The molecule has 1 atom stereocenters. The summed E-state index contributed by atoms with van der Waals surface area (Å²) in [6.45, 7) is 0.846. The van der Waals surface area contributed by atoms with Gasteiger partial charge in [-0.05, 0) is 35.4 Å². The fraction of sp³-hybridized carbons (Fsp3) is 0.267. The monoisotopic (exact) mass is 323 g/mol. The Labute approximate surface area is 131 Å². The number of thiophene rings is 1. The number of nitrogens with one attached hydrogen (secondary N) is 1. The summed E-state index contributed by atoms with van der Waals surface area (Å²) in [7, 11) is 0. The Balaban J connectivity index is 1.61. The zero-order chi connectivity index (χ0) is 14.8. The highest BCUT2D eigenvalue weighted by atomic mass is 35.5. The van der Waals surface area contributed by atoms with Crippen LogP contribution >= 0.6 is 22.9 Å². The van der Waals surface area contributed by atoms with Gasteiger partial charge in [0.15, 0.2) is 0 Å². The van der Waals surface area contributed by atoms with Crippen molar-refractivity contribution >= 4 is 28.8 Å². The summed E-state index contributed by atoms with van der Waals surface area (Å²) in [6, 6.07) is 8.96. The van der Waals surface area contributed by atoms with Crippen molar-refractivity contribution in [2.24, 2.45) is 0 Å². The number of ether oxygens (including phenoxy) is 1. The number of carbonyl (C=O) groups is 1. The molecule has 4 nitrogen and oxygen atoms in total. The van der Waals surface area contributed by atoms with Crippen LogP contribution in [0, 0.1) is 0 Å². The van der Waals surface area contributed by atoms with Gasteiger partial charge in [0, 0.05) is 13.0 Å². The molecule has 1 aliphatic rings. The number of aliphatic hydroxyl groups excluding tert-OH is 1. The zero-order valence-corrected chi connectivity index (χ0v) is 12.7. The second kappa shape index (κ2) is 6.05. The largest absolute Gasteiger partial charge is 0.493 e. The molecule has 1 unspecified atom stereocenters. The van der Waals surface area contributed by atoms with Gasteiger partial charge in [0.25, 0.3) is 5.91 Å². The smallest absolute Gasteiger partial charge is 0.261 e. The number of hydrogen-bond donors (Lipinski definition) is 2. The van der Waals surface area contributed by atoms with Crippen LogP contribution in [0.4, 0.5) is 0 Å². The van der Waals surface area contributed by atoms with Gasteiger partial charge < -0.3 is 15.2 Å². The summed E-state index contributed by atoms with van der Waals surface area (Å²) in [5.41, 5.74) is 1.88. The molecule has 0 bridgehead atoms. The molecule has 21 heavy (non-hydrogen) atoms.